The largest absolute Gasteiger partial charge is 0.468 e. The van der Waals surface area contributed by atoms with Crippen LogP contribution in [0.25, 0.3) is 0 Å². The van der Waals surface area contributed by atoms with Crippen LogP contribution in [0.5, 0.6) is 0 Å². The van der Waals surface area contributed by atoms with Crippen molar-refractivity contribution in [3.8, 4) is 0 Å². The number of hydrogen-bond acceptors (Lipinski definition) is 8. The van der Waals surface area contributed by atoms with Crippen molar-refractivity contribution in [3.05, 3.63) is 11.1 Å². The summed E-state index contributed by atoms with van der Waals surface area (Å²) in [6.07, 6.45) is 4.59. The van der Waals surface area contributed by atoms with E-state index in [1.54, 1.807) is 0 Å². The van der Waals surface area contributed by atoms with E-state index in [2.05, 4.69) is 48.5 Å². The third-order valence-electron chi connectivity index (χ3n) is 15.0. The van der Waals surface area contributed by atoms with Crippen molar-refractivity contribution in [2.45, 2.75) is 143 Å². The summed E-state index contributed by atoms with van der Waals surface area (Å²) in [5.74, 6) is 1.16. The normalized spacial score (nSPS) is 49.2. The van der Waals surface area contributed by atoms with Crippen molar-refractivity contribution in [1.29, 1.82) is 0 Å². The van der Waals surface area contributed by atoms with E-state index in [1.165, 1.54) is 7.11 Å². The van der Waals surface area contributed by atoms with E-state index in [0.717, 1.165) is 56.1 Å². The molecule has 1 aliphatic heterocycles. The van der Waals surface area contributed by atoms with Gasteiger partial charge in [-0.2, -0.15) is 0 Å². The zero-order valence-electron chi connectivity index (χ0n) is 28.9. The number of aliphatic hydroxyl groups excluding tert-OH is 3. The average Bonchev–Trinajstić information content (AvgIpc) is 3.29. The van der Waals surface area contributed by atoms with Gasteiger partial charge >= 0.3 is 5.97 Å². The van der Waals surface area contributed by atoms with Gasteiger partial charge in [-0.1, -0.05) is 48.5 Å². The molecule has 4 unspecified atom stereocenters. The van der Waals surface area contributed by atoms with Crippen LogP contribution in [0.3, 0.4) is 0 Å². The molecule has 6 rings (SSSR count). The number of ether oxygens (including phenoxy) is 3. The molecule has 0 aromatic rings. The van der Waals surface area contributed by atoms with Crippen LogP contribution in [-0.2, 0) is 23.8 Å². The number of fused-ring (bicyclic) bond motifs is 7. The summed E-state index contributed by atoms with van der Waals surface area (Å²) in [5, 5.41) is 30.3. The van der Waals surface area contributed by atoms with Gasteiger partial charge in [0, 0.05) is 12.8 Å². The molecule has 45 heavy (non-hydrogen) atoms. The van der Waals surface area contributed by atoms with E-state index in [9.17, 15) is 24.9 Å². The molecule has 0 bridgehead atoms. The lowest BCUT2D eigenvalue weighted by atomic mass is 9.33. The van der Waals surface area contributed by atoms with Gasteiger partial charge in [0.15, 0.2) is 12.1 Å². The summed E-state index contributed by atoms with van der Waals surface area (Å²) < 4.78 is 17.9. The molecule has 0 radical (unpaired) electrons. The molecule has 0 amide bonds. The van der Waals surface area contributed by atoms with E-state index in [-0.39, 0.29) is 70.8 Å². The molecule has 5 aliphatic carbocycles. The average molecular weight is 631 g/mol. The minimum Gasteiger partial charge on any atom is -0.468 e. The first-order chi connectivity index (χ1) is 21.0. The molecule has 1 saturated heterocycles. The number of aliphatic hydroxyl groups is 3. The quantitative estimate of drug-likeness (QED) is 0.274. The highest BCUT2D eigenvalue weighted by molar-refractivity contribution is 6.05. The number of methoxy groups -OCH3 is 1. The van der Waals surface area contributed by atoms with Crippen molar-refractivity contribution in [3.63, 3.8) is 0 Å². The molecule has 1 heterocycles. The second kappa shape index (κ2) is 11.1. The van der Waals surface area contributed by atoms with Crippen molar-refractivity contribution in [1.82, 2.24) is 0 Å². The first kappa shape index (κ1) is 33.6. The summed E-state index contributed by atoms with van der Waals surface area (Å²) in [7, 11) is 1.47. The second-order valence-electron chi connectivity index (χ2n) is 17.3. The second-order valence-corrected chi connectivity index (χ2v) is 17.3. The van der Waals surface area contributed by atoms with Crippen LogP contribution in [0.1, 0.15) is 113 Å². The highest BCUT2D eigenvalue weighted by atomic mass is 16.7. The summed E-state index contributed by atoms with van der Waals surface area (Å²) in [5.41, 5.74) is 1.26. The molecule has 0 spiro atoms. The number of rotatable bonds is 5. The summed E-state index contributed by atoms with van der Waals surface area (Å²) in [4.78, 5) is 27.1. The van der Waals surface area contributed by atoms with Gasteiger partial charge in [0.25, 0.3) is 0 Å². The lowest BCUT2D eigenvalue weighted by Crippen LogP contribution is -2.66. The Morgan fingerprint density at radius 3 is 2.31 bits per heavy atom. The Labute approximate surface area is 269 Å². The lowest BCUT2D eigenvalue weighted by molar-refractivity contribution is -0.300. The number of hydrogen-bond donors (Lipinski definition) is 3. The van der Waals surface area contributed by atoms with E-state index in [1.807, 2.05) is 0 Å². The molecule has 0 aromatic heterocycles. The van der Waals surface area contributed by atoms with E-state index in [4.69, 9.17) is 14.2 Å². The Kier molecular flexibility index (Phi) is 8.29. The molecular formula is C37H58O8. The van der Waals surface area contributed by atoms with Gasteiger partial charge in [0.2, 0.25) is 0 Å². The van der Waals surface area contributed by atoms with E-state index >= 15 is 0 Å². The Morgan fingerprint density at radius 2 is 1.67 bits per heavy atom. The molecule has 254 valence electrons. The minimum absolute atomic E-state index is 0.0226. The number of ketones is 1. The first-order valence-corrected chi connectivity index (χ1v) is 17.7. The molecule has 6 aliphatic rings. The van der Waals surface area contributed by atoms with Gasteiger partial charge in [0.1, 0.15) is 12.2 Å². The van der Waals surface area contributed by atoms with Crippen molar-refractivity contribution in [2.75, 3.05) is 13.7 Å². The topological polar surface area (TPSA) is 123 Å². The minimum atomic E-state index is -1.11. The number of allylic oxidation sites excluding steroid dienone is 1. The summed E-state index contributed by atoms with van der Waals surface area (Å²) in [6.45, 7) is 16.1. The Bertz CT molecular complexity index is 1240. The fourth-order valence-electron chi connectivity index (χ4n) is 12.6. The number of Topliss-reactive ketones (excluding diaryl/α,β-unsaturated/α-hetero) is 1. The number of carbonyl (C=O) groups is 2. The zero-order valence-corrected chi connectivity index (χ0v) is 28.9. The number of esters is 1. The molecule has 4 saturated carbocycles. The van der Waals surface area contributed by atoms with Gasteiger partial charge in [-0.25, -0.2) is 0 Å². The van der Waals surface area contributed by atoms with Gasteiger partial charge in [-0.3, -0.25) is 9.59 Å². The fraction of sp³-hybridized carbons (Fsp3) is 0.892. The maximum absolute atomic E-state index is 13.6. The van der Waals surface area contributed by atoms with Crippen molar-refractivity contribution < 1.29 is 39.1 Å². The van der Waals surface area contributed by atoms with Crippen LogP contribution < -0.4 is 0 Å². The Hall–Kier alpha value is -1.32. The number of carbonyl (C=O) groups excluding carboxylic acids is 2. The van der Waals surface area contributed by atoms with Crippen molar-refractivity contribution in [2.24, 2.45) is 50.7 Å². The Morgan fingerprint density at radius 1 is 0.956 bits per heavy atom. The molecule has 8 nitrogen and oxygen atoms in total. The fourth-order valence-corrected chi connectivity index (χ4v) is 12.6. The van der Waals surface area contributed by atoms with Gasteiger partial charge in [-0.05, 0) is 108 Å². The predicted molar refractivity (Wildman–Crippen MR) is 169 cm³/mol. The van der Waals surface area contributed by atoms with E-state index < -0.39 is 30.0 Å². The highest BCUT2D eigenvalue weighted by Crippen LogP contribution is 2.76. The van der Waals surface area contributed by atoms with Crippen molar-refractivity contribution >= 4 is 11.8 Å². The molecule has 5 fully saturated rings. The molecule has 12 atom stereocenters. The Balaban J connectivity index is 1.30. The van der Waals surface area contributed by atoms with Crippen LogP contribution in [0.4, 0.5) is 0 Å². The predicted octanol–water partition coefficient (Wildman–Crippen LogP) is 5.35. The maximum atomic E-state index is 13.6. The van der Waals surface area contributed by atoms with Crippen LogP contribution >= 0.6 is 0 Å². The molecular weight excluding hydrogens is 572 g/mol. The highest BCUT2D eigenvalue weighted by Gasteiger charge is 2.71. The first-order valence-electron chi connectivity index (χ1n) is 17.7. The standard InChI is InChI=1S/C37H58O8/c1-20(2)29-23(40)18-37(32(42)43-8)16-15-35(6)21(30(29)37)9-10-26-34(5)13-12-27(33(3,4)25(34)11-14-36(26,35)7)45-28-17-22(39)31(41)24(19-38)44-28/h20-22,24-28,31,38-39,41H,9-19H2,1-8H3/t21?,22-,24-,25?,26?,27?,28-,31+,34+,35-,36-,37-/m1/s1. The van der Waals surface area contributed by atoms with Gasteiger partial charge in [0.05, 0.1) is 31.3 Å². The summed E-state index contributed by atoms with van der Waals surface area (Å²) in [6, 6.07) is 0. The third-order valence-corrected chi connectivity index (χ3v) is 15.0. The van der Waals surface area contributed by atoms with Crippen LogP contribution in [0.2, 0.25) is 0 Å². The van der Waals surface area contributed by atoms with Gasteiger partial charge in [-0.15, -0.1) is 0 Å². The van der Waals surface area contributed by atoms with E-state index in [0.29, 0.717) is 18.3 Å². The zero-order chi connectivity index (χ0) is 32.9. The monoisotopic (exact) mass is 630 g/mol. The van der Waals surface area contributed by atoms with Crippen LogP contribution in [-0.4, -0.2) is 71.5 Å². The molecule has 8 heteroatoms. The van der Waals surface area contributed by atoms with Gasteiger partial charge < -0.3 is 29.5 Å². The smallest absolute Gasteiger partial charge is 0.316 e. The summed E-state index contributed by atoms with van der Waals surface area (Å²) >= 11 is 0. The SMILES string of the molecule is COC(=O)[C@@]12CC[C@]3(C)C(CCC4[C@@]5(C)CCC(O[C@@H]6C[C@@H](O)[C@H](O)[C@@H](CO)O6)C(C)(C)C5CC[C@]43C)C1=C(C(C)C)C(=O)C2. The van der Waals surface area contributed by atoms with Crippen LogP contribution in [0.15, 0.2) is 11.1 Å². The third kappa shape index (κ3) is 4.54. The molecule has 3 N–H and O–H groups in total. The molecule has 0 aromatic carbocycles. The maximum Gasteiger partial charge on any atom is 0.316 e. The lowest BCUT2D eigenvalue weighted by Gasteiger charge is -2.72. The van der Waals surface area contributed by atoms with Crippen LogP contribution in [0, 0.1) is 50.7 Å².